The van der Waals surface area contributed by atoms with E-state index in [2.05, 4.69) is 10.6 Å². The smallest absolute Gasteiger partial charge is 0.226 e. The average molecular weight is 345 g/mol. The summed E-state index contributed by atoms with van der Waals surface area (Å²) in [6.45, 7) is 3.66. The van der Waals surface area contributed by atoms with Crippen molar-refractivity contribution in [2.45, 2.75) is 26.7 Å². The minimum absolute atomic E-state index is 0.0582. The van der Waals surface area contributed by atoms with Gasteiger partial charge in [-0.05, 0) is 36.2 Å². The maximum absolute atomic E-state index is 12.1. The molecule has 2 amide bonds. The van der Waals surface area contributed by atoms with Crippen LogP contribution in [-0.2, 0) is 16.0 Å². The maximum Gasteiger partial charge on any atom is 0.226 e. The van der Waals surface area contributed by atoms with E-state index >= 15 is 0 Å². The van der Waals surface area contributed by atoms with Gasteiger partial charge in [-0.1, -0.05) is 49.7 Å². The summed E-state index contributed by atoms with van der Waals surface area (Å²) in [6.07, 6.45) is 0.918. The van der Waals surface area contributed by atoms with Crippen LogP contribution in [0, 0.1) is 5.92 Å². The van der Waals surface area contributed by atoms with E-state index in [0.29, 0.717) is 29.2 Å². The Morgan fingerprint density at radius 2 is 1.67 bits per heavy atom. The molecular weight excluding hydrogens is 324 g/mol. The number of carbonyl (C=O) groups excluding carboxylic acids is 2. The third kappa shape index (κ3) is 5.39. The van der Waals surface area contributed by atoms with E-state index in [1.165, 1.54) is 0 Å². The zero-order valence-corrected chi connectivity index (χ0v) is 14.6. The molecule has 0 saturated carbocycles. The topological polar surface area (TPSA) is 58.2 Å². The molecule has 0 unspecified atom stereocenters. The number of nitrogens with one attached hydrogen (secondary N) is 2. The maximum atomic E-state index is 12.1. The second-order valence-corrected chi connectivity index (χ2v) is 6.27. The highest BCUT2D eigenvalue weighted by molar-refractivity contribution is 6.31. The molecule has 0 fully saturated rings. The Morgan fingerprint density at radius 1 is 1.00 bits per heavy atom. The van der Waals surface area contributed by atoms with E-state index in [4.69, 9.17) is 11.6 Å². The van der Waals surface area contributed by atoms with Gasteiger partial charge in [0, 0.05) is 28.7 Å². The number of hydrogen-bond donors (Lipinski definition) is 2. The molecule has 0 aromatic heterocycles. The second-order valence-electron chi connectivity index (χ2n) is 5.86. The lowest BCUT2D eigenvalue weighted by atomic mass is 10.1. The fourth-order valence-corrected chi connectivity index (χ4v) is 2.36. The summed E-state index contributed by atoms with van der Waals surface area (Å²) in [7, 11) is 0. The molecule has 0 bridgehead atoms. The summed E-state index contributed by atoms with van der Waals surface area (Å²) in [5.41, 5.74) is 2.27. The van der Waals surface area contributed by atoms with Gasteiger partial charge >= 0.3 is 0 Å². The van der Waals surface area contributed by atoms with Crippen molar-refractivity contribution in [3.05, 3.63) is 59.1 Å². The molecular formula is C19H21ClN2O2. The molecule has 0 spiro atoms. The van der Waals surface area contributed by atoms with Crippen LogP contribution >= 0.6 is 11.6 Å². The number of aryl methyl sites for hydroxylation is 1. The molecule has 4 nitrogen and oxygen atoms in total. The first kappa shape index (κ1) is 18.0. The number of rotatable bonds is 6. The Morgan fingerprint density at radius 3 is 2.33 bits per heavy atom. The molecule has 126 valence electrons. The van der Waals surface area contributed by atoms with Gasteiger partial charge in [0.2, 0.25) is 11.8 Å². The Bertz CT molecular complexity index is 729. The van der Waals surface area contributed by atoms with Crippen molar-refractivity contribution in [1.29, 1.82) is 0 Å². The minimum Gasteiger partial charge on any atom is -0.326 e. The Hall–Kier alpha value is -2.33. The van der Waals surface area contributed by atoms with Crippen molar-refractivity contribution >= 4 is 34.8 Å². The molecule has 0 aliphatic rings. The van der Waals surface area contributed by atoms with Crippen LogP contribution in [0.5, 0.6) is 0 Å². The molecule has 0 radical (unpaired) electrons. The highest BCUT2D eigenvalue weighted by Gasteiger charge is 2.09. The van der Waals surface area contributed by atoms with Crippen molar-refractivity contribution in [3.8, 4) is 0 Å². The fraction of sp³-hybridized carbons (Fsp3) is 0.263. The van der Waals surface area contributed by atoms with Gasteiger partial charge in [-0.3, -0.25) is 9.59 Å². The first-order valence-corrected chi connectivity index (χ1v) is 8.27. The van der Waals surface area contributed by atoms with E-state index in [-0.39, 0.29) is 17.7 Å². The van der Waals surface area contributed by atoms with Crippen molar-refractivity contribution in [3.63, 3.8) is 0 Å². The zero-order valence-electron chi connectivity index (χ0n) is 13.8. The largest absolute Gasteiger partial charge is 0.326 e. The number of halogens is 1. The standard InChI is InChI=1S/C19H21ClN2O2/c1-13(2)19(24)22-16-8-5-7-15(12-16)21-18(23)11-10-14-6-3-4-9-17(14)20/h3-9,12-13H,10-11H2,1-2H3,(H,21,23)(H,22,24). The molecule has 0 atom stereocenters. The highest BCUT2D eigenvalue weighted by Crippen LogP contribution is 2.18. The van der Waals surface area contributed by atoms with E-state index in [1.807, 2.05) is 38.1 Å². The Kier molecular flexibility index (Phi) is 6.38. The van der Waals surface area contributed by atoms with Crippen LogP contribution in [0.4, 0.5) is 11.4 Å². The summed E-state index contributed by atoms with van der Waals surface area (Å²) in [6, 6.07) is 14.6. The van der Waals surface area contributed by atoms with Crippen molar-refractivity contribution < 1.29 is 9.59 Å². The summed E-state index contributed by atoms with van der Waals surface area (Å²) in [5.74, 6) is -0.252. The van der Waals surface area contributed by atoms with Gasteiger partial charge in [0.25, 0.3) is 0 Å². The van der Waals surface area contributed by atoms with Crippen molar-refractivity contribution in [2.24, 2.45) is 5.92 Å². The van der Waals surface area contributed by atoms with E-state index < -0.39 is 0 Å². The summed E-state index contributed by atoms with van der Waals surface area (Å²) in [4.78, 5) is 23.8. The van der Waals surface area contributed by atoms with Crippen molar-refractivity contribution in [2.75, 3.05) is 10.6 Å². The van der Waals surface area contributed by atoms with Crippen LogP contribution in [-0.4, -0.2) is 11.8 Å². The van der Waals surface area contributed by atoms with Crippen LogP contribution in [0.15, 0.2) is 48.5 Å². The van der Waals surface area contributed by atoms with Gasteiger partial charge in [0.1, 0.15) is 0 Å². The van der Waals surface area contributed by atoms with Crippen LogP contribution < -0.4 is 10.6 Å². The molecule has 0 saturated heterocycles. The average Bonchev–Trinajstić information content (AvgIpc) is 2.54. The van der Waals surface area contributed by atoms with Crippen molar-refractivity contribution in [1.82, 2.24) is 0 Å². The van der Waals surface area contributed by atoms with Gasteiger partial charge in [0.05, 0.1) is 0 Å². The molecule has 2 aromatic rings. The van der Waals surface area contributed by atoms with Gasteiger partial charge in [-0.2, -0.15) is 0 Å². The predicted molar refractivity (Wildman–Crippen MR) is 98.3 cm³/mol. The zero-order chi connectivity index (χ0) is 17.5. The van der Waals surface area contributed by atoms with E-state index in [9.17, 15) is 9.59 Å². The lowest BCUT2D eigenvalue weighted by Crippen LogP contribution is -2.18. The summed E-state index contributed by atoms with van der Waals surface area (Å²) >= 11 is 6.09. The molecule has 24 heavy (non-hydrogen) atoms. The lowest BCUT2D eigenvalue weighted by Gasteiger charge is -2.10. The van der Waals surface area contributed by atoms with Crippen LogP contribution in [0.3, 0.4) is 0 Å². The lowest BCUT2D eigenvalue weighted by molar-refractivity contribution is -0.119. The Labute approximate surface area is 147 Å². The van der Waals surface area contributed by atoms with Crippen LogP contribution in [0.2, 0.25) is 5.02 Å². The number of benzene rings is 2. The molecule has 2 aromatic carbocycles. The molecule has 2 N–H and O–H groups in total. The number of amides is 2. The summed E-state index contributed by atoms with van der Waals surface area (Å²) < 4.78 is 0. The second kappa shape index (κ2) is 8.50. The fourth-order valence-electron chi connectivity index (χ4n) is 2.13. The van der Waals surface area contributed by atoms with Gasteiger partial charge in [-0.25, -0.2) is 0 Å². The molecule has 0 aliphatic heterocycles. The molecule has 2 rings (SSSR count). The Balaban J connectivity index is 1.92. The first-order valence-electron chi connectivity index (χ1n) is 7.90. The molecule has 0 aliphatic carbocycles. The third-order valence-corrected chi connectivity index (χ3v) is 3.89. The summed E-state index contributed by atoms with van der Waals surface area (Å²) in [5, 5.41) is 6.32. The minimum atomic E-state index is -0.0983. The van der Waals surface area contributed by atoms with Gasteiger partial charge in [0.15, 0.2) is 0 Å². The predicted octanol–water partition coefficient (Wildman–Crippen LogP) is 4.51. The quantitative estimate of drug-likeness (QED) is 0.810. The van der Waals surface area contributed by atoms with E-state index in [1.54, 1.807) is 24.3 Å². The highest BCUT2D eigenvalue weighted by atomic mass is 35.5. The first-order chi connectivity index (χ1) is 11.5. The van der Waals surface area contributed by atoms with Crippen LogP contribution in [0.25, 0.3) is 0 Å². The third-order valence-electron chi connectivity index (χ3n) is 3.52. The number of hydrogen-bond acceptors (Lipinski definition) is 2. The molecule has 0 heterocycles. The number of carbonyl (C=O) groups is 2. The monoisotopic (exact) mass is 344 g/mol. The molecule has 5 heteroatoms. The van der Waals surface area contributed by atoms with E-state index in [0.717, 1.165) is 5.56 Å². The SMILES string of the molecule is CC(C)C(=O)Nc1cccc(NC(=O)CCc2ccccc2Cl)c1. The number of anilines is 2. The van der Waals surface area contributed by atoms with Gasteiger partial charge in [-0.15, -0.1) is 0 Å². The van der Waals surface area contributed by atoms with Gasteiger partial charge < -0.3 is 10.6 Å². The normalized spacial score (nSPS) is 10.5. The van der Waals surface area contributed by atoms with Crippen LogP contribution in [0.1, 0.15) is 25.8 Å².